The molecule has 0 unspecified atom stereocenters. The fourth-order valence-electron chi connectivity index (χ4n) is 1.80. The van der Waals surface area contributed by atoms with Crippen molar-refractivity contribution >= 4 is 11.6 Å². The molecule has 0 aliphatic carbocycles. The predicted octanol–water partition coefficient (Wildman–Crippen LogP) is 5.84. The summed E-state index contributed by atoms with van der Waals surface area (Å²) in [6.07, 6.45) is -7.69. The average molecular weight is 323 g/mol. The van der Waals surface area contributed by atoms with E-state index in [4.69, 9.17) is 11.6 Å². The Bertz CT molecular complexity index is 640. The van der Waals surface area contributed by atoms with Crippen LogP contribution in [0.3, 0.4) is 0 Å². The molecular weight excluding hydrogens is 315 g/mol. The maximum atomic E-state index is 12.8. The minimum atomic E-state index is -4.87. The first-order valence-electron chi connectivity index (χ1n) is 5.70. The second kappa shape index (κ2) is 5.89. The summed E-state index contributed by atoms with van der Waals surface area (Å²) in [5.74, 6) is -0.465. The number of rotatable bonds is 3. The van der Waals surface area contributed by atoms with Crippen molar-refractivity contribution in [2.45, 2.75) is 12.8 Å². The van der Waals surface area contributed by atoms with Gasteiger partial charge in [0.25, 0.3) is 6.43 Å². The average Bonchev–Trinajstić information content (AvgIpc) is 2.38. The van der Waals surface area contributed by atoms with E-state index < -0.39 is 24.1 Å². The monoisotopic (exact) mass is 322 g/mol. The standard InChI is InChI=1S/C14H8ClF5O/c15-11-6-5-8(7-10(11)13(16)17)9-3-1-2-4-12(9)21-14(18,19)20/h1-7,13H. The Hall–Kier alpha value is -1.82. The van der Waals surface area contributed by atoms with E-state index in [1.54, 1.807) is 0 Å². The molecule has 0 atom stereocenters. The van der Waals surface area contributed by atoms with Gasteiger partial charge in [-0.3, -0.25) is 0 Å². The summed E-state index contributed by atoms with van der Waals surface area (Å²) >= 11 is 5.63. The number of para-hydroxylation sites is 1. The van der Waals surface area contributed by atoms with Crippen LogP contribution in [0.2, 0.25) is 5.02 Å². The Morgan fingerprint density at radius 1 is 1.00 bits per heavy atom. The SMILES string of the molecule is FC(F)c1cc(-c2ccccc2OC(F)(F)F)ccc1Cl. The van der Waals surface area contributed by atoms with Crippen molar-refractivity contribution in [1.82, 2.24) is 0 Å². The molecule has 112 valence electrons. The van der Waals surface area contributed by atoms with Crippen molar-refractivity contribution in [2.24, 2.45) is 0 Å². The lowest BCUT2D eigenvalue weighted by Gasteiger charge is -2.14. The first-order chi connectivity index (χ1) is 9.78. The molecule has 0 spiro atoms. The number of hydrogen-bond donors (Lipinski definition) is 0. The highest BCUT2D eigenvalue weighted by Gasteiger charge is 2.32. The summed E-state index contributed by atoms with van der Waals surface area (Å²) in [5, 5.41) is -0.150. The molecule has 2 aromatic carbocycles. The summed E-state index contributed by atoms with van der Waals surface area (Å²) in [4.78, 5) is 0. The second-order valence-corrected chi connectivity index (χ2v) is 4.49. The van der Waals surface area contributed by atoms with Gasteiger partial charge in [-0.05, 0) is 23.8 Å². The van der Waals surface area contributed by atoms with Gasteiger partial charge in [-0.2, -0.15) is 0 Å². The molecule has 7 heteroatoms. The van der Waals surface area contributed by atoms with Gasteiger partial charge in [0.1, 0.15) is 5.75 Å². The van der Waals surface area contributed by atoms with Gasteiger partial charge in [0.2, 0.25) is 0 Å². The summed E-state index contributed by atoms with van der Waals surface area (Å²) in [7, 11) is 0. The van der Waals surface area contributed by atoms with Crippen molar-refractivity contribution < 1.29 is 26.7 Å². The van der Waals surface area contributed by atoms with Gasteiger partial charge in [-0.15, -0.1) is 13.2 Å². The largest absolute Gasteiger partial charge is 0.573 e. The van der Waals surface area contributed by atoms with E-state index in [1.807, 2.05) is 0 Å². The zero-order valence-corrected chi connectivity index (χ0v) is 11.1. The summed E-state index contributed by atoms with van der Waals surface area (Å²) < 4.78 is 66.5. The number of alkyl halides is 5. The van der Waals surface area contributed by atoms with Crippen LogP contribution in [-0.4, -0.2) is 6.36 Å². The van der Waals surface area contributed by atoms with E-state index in [0.717, 1.165) is 12.1 Å². The van der Waals surface area contributed by atoms with E-state index >= 15 is 0 Å². The topological polar surface area (TPSA) is 9.23 Å². The van der Waals surface area contributed by atoms with Crippen LogP contribution in [0.25, 0.3) is 11.1 Å². The van der Waals surface area contributed by atoms with Crippen LogP contribution in [-0.2, 0) is 0 Å². The van der Waals surface area contributed by atoms with E-state index in [-0.39, 0.29) is 16.1 Å². The van der Waals surface area contributed by atoms with Crippen molar-refractivity contribution in [3.05, 3.63) is 53.1 Å². The summed E-state index contributed by atoms with van der Waals surface area (Å²) in [6.45, 7) is 0. The first kappa shape index (κ1) is 15.6. The molecule has 0 saturated carbocycles. The molecule has 0 fully saturated rings. The zero-order chi connectivity index (χ0) is 15.6. The smallest absolute Gasteiger partial charge is 0.405 e. The molecule has 0 aliphatic heterocycles. The lowest BCUT2D eigenvalue weighted by atomic mass is 10.0. The number of ether oxygens (including phenoxy) is 1. The maximum Gasteiger partial charge on any atom is 0.573 e. The molecule has 0 aromatic heterocycles. The summed E-state index contributed by atoms with van der Waals surface area (Å²) in [5.41, 5.74) is -0.237. The lowest BCUT2D eigenvalue weighted by Crippen LogP contribution is -2.17. The second-order valence-electron chi connectivity index (χ2n) is 4.08. The third-order valence-corrected chi connectivity index (χ3v) is 3.00. The normalized spacial score (nSPS) is 11.8. The third kappa shape index (κ3) is 3.85. The van der Waals surface area contributed by atoms with E-state index in [1.165, 1.54) is 30.3 Å². The molecule has 2 rings (SSSR count). The Labute approximate surface area is 121 Å². The first-order valence-corrected chi connectivity index (χ1v) is 6.08. The highest BCUT2D eigenvalue weighted by Crippen LogP contribution is 2.37. The van der Waals surface area contributed by atoms with Crippen molar-refractivity contribution in [2.75, 3.05) is 0 Å². The fourth-order valence-corrected chi connectivity index (χ4v) is 2.00. The van der Waals surface area contributed by atoms with E-state index in [0.29, 0.717) is 0 Å². The predicted molar refractivity (Wildman–Crippen MR) is 68.5 cm³/mol. The minimum absolute atomic E-state index is 0.0494. The highest BCUT2D eigenvalue weighted by atomic mass is 35.5. The highest BCUT2D eigenvalue weighted by molar-refractivity contribution is 6.31. The van der Waals surface area contributed by atoms with E-state index in [2.05, 4.69) is 4.74 Å². The van der Waals surface area contributed by atoms with Crippen LogP contribution >= 0.6 is 11.6 Å². The number of benzene rings is 2. The zero-order valence-electron chi connectivity index (χ0n) is 10.3. The van der Waals surface area contributed by atoms with Crippen LogP contribution in [0.1, 0.15) is 12.0 Å². The molecule has 0 heterocycles. The Morgan fingerprint density at radius 2 is 1.67 bits per heavy atom. The Balaban J connectivity index is 2.50. The van der Waals surface area contributed by atoms with Crippen molar-refractivity contribution in [3.63, 3.8) is 0 Å². The van der Waals surface area contributed by atoms with Gasteiger partial charge in [0, 0.05) is 16.1 Å². The van der Waals surface area contributed by atoms with Gasteiger partial charge >= 0.3 is 6.36 Å². The molecule has 0 saturated heterocycles. The minimum Gasteiger partial charge on any atom is -0.405 e. The number of hydrogen-bond acceptors (Lipinski definition) is 1. The maximum absolute atomic E-state index is 12.8. The molecule has 0 amide bonds. The molecule has 0 N–H and O–H groups in total. The molecule has 0 bridgehead atoms. The Morgan fingerprint density at radius 3 is 2.29 bits per heavy atom. The van der Waals surface area contributed by atoms with E-state index in [9.17, 15) is 22.0 Å². The van der Waals surface area contributed by atoms with Crippen LogP contribution in [0.5, 0.6) is 5.75 Å². The van der Waals surface area contributed by atoms with Gasteiger partial charge in [-0.1, -0.05) is 35.9 Å². The van der Waals surface area contributed by atoms with Gasteiger partial charge < -0.3 is 4.74 Å². The molecule has 21 heavy (non-hydrogen) atoms. The lowest BCUT2D eigenvalue weighted by molar-refractivity contribution is -0.274. The van der Waals surface area contributed by atoms with Gasteiger partial charge in [-0.25, -0.2) is 8.78 Å². The molecule has 2 aromatic rings. The Kier molecular flexibility index (Phi) is 4.37. The van der Waals surface area contributed by atoms with Crippen LogP contribution in [0.4, 0.5) is 22.0 Å². The molecule has 0 aliphatic rings. The van der Waals surface area contributed by atoms with Gasteiger partial charge in [0.05, 0.1) is 0 Å². The number of halogens is 6. The third-order valence-electron chi connectivity index (χ3n) is 2.65. The summed E-state index contributed by atoms with van der Waals surface area (Å²) in [6, 6.07) is 8.91. The van der Waals surface area contributed by atoms with Crippen LogP contribution in [0.15, 0.2) is 42.5 Å². The van der Waals surface area contributed by atoms with Crippen molar-refractivity contribution in [3.8, 4) is 16.9 Å². The fraction of sp³-hybridized carbons (Fsp3) is 0.143. The van der Waals surface area contributed by atoms with Crippen LogP contribution < -0.4 is 4.74 Å². The molecule has 1 nitrogen and oxygen atoms in total. The molecular formula is C14H8ClF5O. The quantitative estimate of drug-likeness (QED) is 0.645. The van der Waals surface area contributed by atoms with Crippen molar-refractivity contribution in [1.29, 1.82) is 0 Å². The van der Waals surface area contributed by atoms with Gasteiger partial charge in [0.15, 0.2) is 0 Å². The molecule has 0 radical (unpaired) electrons. The van der Waals surface area contributed by atoms with Crippen LogP contribution in [0, 0.1) is 0 Å².